The summed E-state index contributed by atoms with van der Waals surface area (Å²) in [5, 5.41) is 2.76. The van der Waals surface area contributed by atoms with Gasteiger partial charge in [-0.1, -0.05) is 30.3 Å². The van der Waals surface area contributed by atoms with Crippen molar-refractivity contribution in [2.45, 2.75) is 0 Å². The number of benzene rings is 2. The van der Waals surface area contributed by atoms with Gasteiger partial charge in [-0.3, -0.25) is 4.79 Å². The monoisotopic (exact) mass is 335 g/mol. The Morgan fingerprint density at radius 2 is 1.68 bits per heavy atom. The molecule has 1 heterocycles. The van der Waals surface area contributed by atoms with E-state index in [4.69, 9.17) is 9.47 Å². The SMILES string of the molecule is COc1ccc(OC)c(C(=O)Nc2cnc(-c3ccccc3)nc2)c1. The van der Waals surface area contributed by atoms with Gasteiger partial charge in [-0.2, -0.15) is 0 Å². The minimum absolute atomic E-state index is 0.327. The number of hydrogen-bond acceptors (Lipinski definition) is 5. The van der Waals surface area contributed by atoms with Crippen LogP contribution < -0.4 is 14.8 Å². The number of amides is 1. The summed E-state index contributed by atoms with van der Waals surface area (Å²) in [6.07, 6.45) is 3.14. The summed E-state index contributed by atoms with van der Waals surface area (Å²) in [4.78, 5) is 21.1. The number of aromatic nitrogens is 2. The number of carbonyl (C=O) groups is 1. The molecule has 2 aromatic carbocycles. The van der Waals surface area contributed by atoms with E-state index in [-0.39, 0.29) is 5.91 Å². The van der Waals surface area contributed by atoms with Crippen molar-refractivity contribution in [3.63, 3.8) is 0 Å². The second-order valence-corrected chi connectivity index (χ2v) is 5.18. The zero-order chi connectivity index (χ0) is 17.6. The van der Waals surface area contributed by atoms with E-state index in [9.17, 15) is 4.79 Å². The quantitative estimate of drug-likeness (QED) is 0.773. The number of ether oxygens (including phenoxy) is 2. The predicted molar refractivity (Wildman–Crippen MR) is 95.0 cm³/mol. The molecular formula is C19H17N3O3. The minimum atomic E-state index is -0.327. The molecule has 1 amide bonds. The molecule has 6 heteroatoms. The molecule has 0 saturated heterocycles. The first-order chi connectivity index (χ1) is 12.2. The van der Waals surface area contributed by atoms with E-state index in [2.05, 4.69) is 15.3 Å². The highest BCUT2D eigenvalue weighted by Crippen LogP contribution is 2.25. The molecule has 3 rings (SSSR count). The Morgan fingerprint density at radius 3 is 2.32 bits per heavy atom. The lowest BCUT2D eigenvalue weighted by Crippen LogP contribution is -2.14. The fourth-order valence-corrected chi connectivity index (χ4v) is 2.32. The van der Waals surface area contributed by atoms with Crippen LogP contribution in [-0.4, -0.2) is 30.1 Å². The largest absolute Gasteiger partial charge is 0.497 e. The molecule has 1 N–H and O–H groups in total. The van der Waals surface area contributed by atoms with Gasteiger partial charge in [-0.05, 0) is 18.2 Å². The van der Waals surface area contributed by atoms with E-state index in [0.29, 0.717) is 28.6 Å². The van der Waals surface area contributed by atoms with Crippen LogP contribution >= 0.6 is 0 Å². The van der Waals surface area contributed by atoms with Crippen LogP contribution in [0.5, 0.6) is 11.5 Å². The van der Waals surface area contributed by atoms with Crippen molar-refractivity contribution in [3.8, 4) is 22.9 Å². The number of hydrogen-bond donors (Lipinski definition) is 1. The molecule has 6 nitrogen and oxygen atoms in total. The Hall–Kier alpha value is -3.41. The molecule has 0 bridgehead atoms. The van der Waals surface area contributed by atoms with Crippen LogP contribution in [0.25, 0.3) is 11.4 Å². The summed E-state index contributed by atoms with van der Waals surface area (Å²) in [6, 6.07) is 14.7. The molecular weight excluding hydrogens is 318 g/mol. The summed E-state index contributed by atoms with van der Waals surface area (Å²) in [7, 11) is 3.05. The van der Waals surface area contributed by atoms with E-state index in [1.54, 1.807) is 37.7 Å². The summed E-state index contributed by atoms with van der Waals surface area (Å²) >= 11 is 0. The van der Waals surface area contributed by atoms with Crippen LogP contribution in [0.15, 0.2) is 60.9 Å². The van der Waals surface area contributed by atoms with Gasteiger partial charge in [0.25, 0.3) is 5.91 Å². The fraction of sp³-hybridized carbons (Fsp3) is 0.105. The Kier molecular flexibility index (Phi) is 4.89. The molecule has 0 saturated carbocycles. The van der Waals surface area contributed by atoms with Crippen molar-refractivity contribution >= 4 is 11.6 Å². The van der Waals surface area contributed by atoms with Gasteiger partial charge in [0.05, 0.1) is 37.9 Å². The number of nitrogens with one attached hydrogen (secondary N) is 1. The maximum atomic E-state index is 12.5. The number of rotatable bonds is 5. The van der Waals surface area contributed by atoms with Gasteiger partial charge in [-0.15, -0.1) is 0 Å². The van der Waals surface area contributed by atoms with Crippen molar-refractivity contribution in [2.75, 3.05) is 19.5 Å². The fourth-order valence-electron chi connectivity index (χ4n) is 2.32. The van der Waals surface area contributed by atoms with Crippen molar-refractivity contribution in [1.29, 1.82) is 0 Å². The van der Waals surface area contributed by atoms with Crippen molar-refractivity contribution in [1.82, 2.24) is 9.97 Å². The smallest absolute Gasteiger partial charge is 0.259 e. The van der Waals surface area contributed by atoms with Gasteiger partial charge >= 0.3 is 0 Å². The first-order valence-corrected chi connectivity index (χ1v) is 7.62. The van der Waals surface area contributed by atoms with Crippen LogP contribution in [0.1, 0.15) is 10.4 Å². The maximum absolute atomic E-state index is 12.5. The standard InChI is InChI=1S/C19H17N3O3/c1-24-15-8-9-17(25-2)16(10-15)19(23)22-14-11-20-18(21-12-14)13-6-4-3-5-7-13/h3-12H,1-2H3,(H,22,23). The normalized spacial score (nSPS) is 10.2. The van der Waals surface area contributed by atoms with Gasteiger partial charge in [0.2, 0.25) is 0 Å². The summed E-state index contributed by atoms with van der Waals surface area (Å²) in [5.41, 5.74) is 1.78. The zero-order valence-electron chi connectivity index (χ0n) is 13.9. The van der Waals surface area contributed by atoms with Crippen LogP contribution in [0.2, 0.25) is 0 Å². The molecule has 1 aromatic heterocycles. The highest BCUT2D eigenvalue weighted by atomic mass is 16.5. The average Bonchev–Trinajstić information content (AvgIpc) is 2.68. The second-order valence-electron chi connectivity index (χ2n) is 5.18. The number of anilines is 1. The molecule has 0 aliphatic rings. The predicted octanol–water partition coefficient (Wildman–Crippen LogP) is 3.41. The topological polar surface area (TPSA) is 73.3 Å². The first kappa shape index (κ1) is 16.4. The van der Waals surface area contributed by atoms with Crippen LogP contribution in [-0.2, 0) is 0 Å². The highest BCUT2D eigenvalue weighted by molar-refractivity contribution is 6.06. The molecule has 0 aliphatic heterocycles. The minimum Gasteiger partial charge on any atom is -0.497 e. The van der Waals surface area contributed by atoms with Gasteiger partial charge in [0, 0.05) is 5.56 Å². The van der Waals surface area contributed by atoms with Crippen LogP contribution in [0.4, 0.5) is 5.69 Å². The molecule has 25 heavy (non-hydrogen) atoms. The van der Waals surface area contributed by atoms with E-state index >= 15 is 0 Å². The molecule has 0 spiro atoms. The third-order valence-corrected chi connectivity index (χ3v) is 3.59. The molecule has 0 unspecified atom stereocenters. The van der Waals surface area contributed by atoms with E-state index in [1.165, 1.54) is 7.11 Å². The zero-order valence-corrected chi connectivity index (χ0v) is 13.9. The molecule has 0 atom stereocenters. The summed E-state index contributed by atoms with van der Waals surface area (Å²) in [5.74, 6) is 1.30. The van der Waals surface area contributed by atoms with Crippen molar-refractivity contribution in [2.24, 2.45) is 0 Å². The first-order valence-electron chi connectivity index (χ1n) is 7.62. The number of nitrogens with zero attached hydrogens (tertiary/aromatic N) is 2. The lowest BCUT2D eigenvalue weighted by atomic mass is 10.1. The second kappa shape index (κ2) is 7.44. The number of methoxy groups -OCH3 is 2. The molecule has 0 radical (unpaired) electrons. The van der Waals surface area contributed by atoms with Crippen molar-refractivity contribution in [3.05, 3.63) is 66.5 Å². The van der Waals surface area contributed by atoms with Gasteiger partial charge in [0.15, 0.2) is 5.82 Å². The third-order valence-electron chi connectivity index (χ3n) is 3.59. The van der Waals surface area contributed by atoms with E-state index < -0.39 is 0 Å². The van der Waals surface area contributed by atoms with E-state index in [1.807, 2.05) is 30.3 Å². The molecule has 0 aliphatic carbocycles. The lowest BCUT2D eigenvalue weighted by molar-refractivity contribution is 0.102. The summed E-state index contributed by atoms with van der Waals surface area (Å²) < 4.78 is 10.4. The average molecular weight is 335 g/mol. The van der Waals surface area contributed by atoms with Gasteiger partial charge in [0.1, 0.15) is 11.5 Å². The Bertz CT molecular complexity index is 865. The lowest BCUT2D eigenvalue weighted by Gasteiger charge is -2.11. The summed E-state index contributed by atoms with van der Waals surface area (Å²) in [6.45, 7) is 0. The Labute approximate surface area is 145 Å². The third kappa shape index (κ3) is 3.74. The van der Waals surface area contributed by atoms with Gasteiger partial charge in [-0.25, -0.2) is 9.97 Å². The maximum Gasteiger partial charge on any atom is 0.259 e. The molecule has 126 valence electrons. The van der Waals surface area contributed by atoms with Crippen LogP contribution in [0, 0.1) is 0 Å². The van der Waals surface area contributed by atoms with Crippen LogP contribution in [0.3, 0.4) is 0 Å². The number of carbonyl (C=O) groups excluding carboxylic acids is 1. The Morgan fingerprint density at radius 1 is 0.960 bits per heavy atom. The molecule has 3 aromatic rings. The van der Waals surface area contributed by atoms with Crippen molar-refractivity contribution < 1.29 is 14.3 Å². The van der Waals surface area contributed by atoms with Gasteiger partial charge < -0.3 is 14.8 Å². The molecule has 0 fully saturated rings. The Balaban J connectivity index is 1.79. The highest BCUT2D eigenvalue weighted by Gasteiger charge is 2.14. The van der Waals surface area contributed by atoms with E-state index in [0.717, 1.165) is 5.56 Å².